The zero-order valence-electron chi connectivity index (χ0n) is 10.2. The minimum atomic E-state index is -0.798. The van der Waals surface area contributed by atoms with Crippen LogP contribution in [0.15, 0.2) is 0 Å². The molecule has 0 aromatic carbocycles. The first-order chi connectivity index (χ1) is 7.14. The number of aliphatic hydroxyl groups excluding tert-OH is 1. The second-order valence-corrected chi connectivity index (χ2v) is 5.04. The zero-order valence-corrected chi connectivity index (χ0v) is 10.2. The third-order valence-corrected chi connectivity index (χ3v) is 4.02. The van der Waals surface area contributed by atoms with Gasteiger partial charge in [0.15, 0.2) is 0 Å². The van der Waals surface area contributed by atoms with E-state index in [1.54, 1.807) is 0 Å². The first kappa shape index (κ1) is 13.0. The Morgan fingerprint density at radius 3 is 1.87 bits per heavy atom. The second kappa shape index (κ2) is 5.86. The van der Waals surface area contributed by atoms with E-state index in [-0.39, 0.29) is 5.92 Å². The first-order valence-electron chi connectivity index (χ1n) is 6.54. The Morgan fingerprint density at radius 1 is 1.00 bits per heavy atom. The summed E-state index contributed by atoms with van der Waals surface area (Å²) in [5, 5.41) is 20.8. The molecule has 1 fully saturated rings. The predicted octanol–water partition coefficient (Wildman–Crippen LogP) is 2.87. The summed E-state index contributed by atoms with van der Waals surface area (Å²) in [6.07, 6.45) is 7.50. The fourth-order valence-electron chi connectivity index (χ4n) is 2.81. The van der Waals surface area contributed by atoms with Crippen molar-refractivity contribution in [2.45, 2.75) is 76.9 Å². The molecule has 0 radical (unpaired) electrons. The summed E-state index contributed by atoms with van der Waals surface area (Å²) in [7, 11) is 0. The quantitative estimate of drug-likeness (QED) is 0.706. The average Bonchev–Trinajstić information content (AvgIpc) is 2.46. The largest absolute Gasteiger partial charge is 0.390 e. The van der Waals surface area contributed by atoms with E-state index in [1.807, 2.05) is 0 Å². The molecule has 0 bridgehead atoms. The summed E-state index contributed by atoms with van der Waals surface area (Å²) in [4.78, 5) is 0. The van der Waals surface area contributed by atoms with Crippen LogP contribution in [0.2, 0.25) is 0 Å². The fraction of sp³-hybridized carbons (Fsp3) is 1.00. The monoisotopic (exact) mass is 214 g/mol. The third kappa shape index (κ3) is 3.18. The molecule has 0 saturated heterocycles. The van der Waals surface area contributed by atoms with Gasteiger partial charge in [0.05, 0.1) is 11.7 Å². The van der Waals surface area contributed by atoms with Gasteiger partial charge in [0.25, 0.3) is 0 Å². The van der Waals surface area contributed by atoms with Gasteiger partial charge < -0.3 is 10.2 Å². The third-order valence-electron chi connectivity index (χ3n) is 4.02. The number of hydrogen-bond acceptors (Lipinski definition) is 2. The lowest BCUT2D eigenvalue weighted by molar-refractivity contribution is -0.110. The molecular weight excluding hydrogens is 188 g/mol. The molecule has 0 aliphatic heterocycles. The molecule has 1 aliphatic rings. The van der Waals surface area contributed by atoms with E-state index < -0.39 is 11.7 Å². The molecule has 0 aromatic heterocycles. The average molecular weight is 214 g/mol. The minimum Gasteiger partial charge on any atom is -0.390 e. The number of rotatable bonds is 4. The minimum absolute atomic E-state index is 0.258. The van der Waals surface area contributed by atoms with Crippen molar-refractivity contribution in [2.75, 3.05) is 0 Å². The molecule has 1 rings (SSSR count). The van der Waals surface area contributed by atoms with Crippen molar-refractivity contribution >= 4 is 0 Å². The zero-order chi connectivity index (χ0) is 11.3. The molecule has 2 heteroatoms. The van der Waals surface area contributed by atoms with Crippen molar-refractivity contribution in [3.8, 4) is 0 Å². The van der Waals surface area contributed by atoms with Gasteiger partial charge in [0.2, 0.25) is 0 Å². The van der Waals surface area contributed by atoms with Crippen molar-refractivity contribution in [2.24, 2.45) is 5.92 Å². The maximum atomic E-state index is 10.5. The Bertz CT molecular complexity index is 167. The fourth-order valence-corrected chi connectivity index (χ4v) is 2.81. The molecule has 1 atom stereocenters. The molecular formula is C13H26O2. The van der Waals surface area contributed by atoms with E-state index in [4.69, 9.17) is 0 Å². The van der Waals surface area contributed by atoms with Crippen LogP contribution in [-0.4, -0.2) is 21.9 Å². The van der Waals surface area contributed by atoms with E-state index >= 15 is 0 Å². The van der Waals surface area contributed by atoms with Crippen molar-refractivity contribution in [3.05, 3.63) is 0 Å². The van der Waals surface area contributed by atoms with Crippen LogP contribution < -0.4 is 0 Å². The first-order valence-corrected chi connectivity index (χ1v) is 6.54. The highest BCUT2D eigenvalue weighted by Crippen LogP contribution is 2.34. The summed E-state index contributed by atoms with van der Waals surface area (Å²) >= 11 is 0. The molecule has 90 valence electrons. The highest BCUT2D eigenvalue weighted by molar-refractivity contribution is 4.91. The van der Waals surface area contributed by atoms with Crippen LogP contribution in [0, 0.1) is 5.92 Å². The van der Waals surface area contributed by atoms with Crippen molar-refractivity contribution in [3.63, 3.8) is 0 Å². The molecule has 0 spiro atoms. The van der Waals surface area contributed by atoms with E-state index in [0.717, 1.165) is 38.5 Å². The van der Waals surface area contributed by atoms with Gasteiger partial charge in [0, 0.05) is 0 Å². The summed E-state index contributed by atoms with van der Waals surface area (Å²) in [5.74, 6) is 0.258. The Kier molecular flexibility index (Phi) is 5.07. The van der Waals surface area contributed by atoms with E-state index in [1.165, 1.54) is 12.8 Å². The molecule has 1 unspecified atom stereocenters. The summed E-state index contributed by atoms with van der Waals surface area (Å²) in [5.41, 5.74) is -0.798. The predicted molar refractivity (Wildman–Crippen MR) is 62.7 cm³/mol. The maximum Gasteiger partial charge on any atom is 0.0908 e. The van der Waals surface area contributed by atoms with Crippen LogP contribution in [-0.2, 0) is 0 Å². The second-order valence-electron chi connectivity index (χ2n) is 5.04. The van der Waals surface area contributed by atoms with E-state index in [9.17, 15) is 10.2 Å². The molecule has 0 heterocycles. The topological polar surface area (TPSA) is 40.5 Å². The lowest BCUT2D eigenvalue weighted by Gasteiger charge is -2.36. The number of hydrogen-bond donors (Lipinski definition) is 2. The lowest BCUT2D eigenvalue weighted by atomic mass is 9.79. The Labute approximate surface area is 93.7 Å². The van der Waals surface area contributed by atoms with E-state index in [2.05, 4.69) is 13.8 Å². The number of aliphatic hydroxyl groups is 2. The van der Waals surface area contributed by atoms with Gasteiger partial charge in [-0.25, -0.2) is 0 Å². The van der Waals surface area contributed by atoms with Gasteiger partial charge in [-0.3, -0.25) is 0 Å². The Hall–Kier alpha value is -0.0800. The van der Waals surface area contributed by atoms with Gasteiger partial charge in [-0.2, -0.15) is 0 Å². The van der Waals surface area contributed by atoms with Crippen molar-refractivity contribution in [1.82, 2.24) is 0 Å². The summed E-state index contributed by atoms with van der Waals surface area (Å²) < 4.78 is 0. The van der Waals surface area contributed by atoms with E-state index in [0.29, 0.717) is 0 Å². The lowest BCUT2D eigenvalue weighted by Crippen LogP contribution is -2.46. The van der Waals surface area contributed by atoms with Crippen LogP contribution in [0.25, 0.3) is 0 Å². The van der Waals surface area contributed by atoms with Crippen LogP contribution in [0.4, 0.5) is 0 Å². The van der Waals surface area contributed by atoms with Crippen LogP contribution in [0.1, 0.15) is 65.2 Å². The van der Waals surface area contributed by atoms with Gasteiger partial charge >= 0.3 is 0 Å². The maximum absolute atomic E-state index is 10.5. The molecule has 1 saturated carbocycles. The van der Waals surface area contributed by atoms with Gasteiger partial charge in [0.1, 0.15) is 0 Å². The van der Waals surface area contributed by atoms with Crippen LogP contribution >= 0.6 is 0 Å². The van der Waals surface area contributed by atoms with Crippen LogP contribution in [0.3, 0.4) is 0 Å². The molecule has 2 N–H and O–H groups in total. The molecule has 0 aromatic rings. The van der Waals surface area contributed by atoms with Crippen molar-refractivity contribution < 1.29 is 10.2 Å². The van der Waals surface area contributed by atoms with Gasteiger partial charge in [-0.05, 0) is 18.8 Å². The van der Waals surface area contributed by atoms with Crippen molar-refractivity contribution in [1.29, 1.82) is 0 Å². The summed E-state index contributed by atoms with van der Waals surface area (Å²) in [6, 6.07) is 0. The van der Waals surface area contributed by atoms with Gasteiger partial charge in [-0.15, -0.1) is 0 Å². The molecule has 2 nitrogen and oxygen atoms in total. The Morgan fingerprint density at radius 2 is 1.47 bits per heavy atom. The molecule has 0 amide bonds. The summed E-state index contributed by atoms with van der Waals surface area (Å²) in [6.45, 7) is 4.19. The standard InChI is InChI=1S/C13H26O2/c1-3-11(4-2)12(14)13(15)9-7-5-6-8-10-13/h11-12,14-15H,3-10H2,1-2H3. The molecule has 1 aliphatic carbocycles. The molecule has 15 heavy (non-hydrogen) atoms. The van der Waals surface area contributed by atoms with Gasteiger partial charge in [-0.1, -0.05) is 52.4 Å². The highest BCUT2D eigenvalue weighted by atomic mass is 16.3. The highest BCUT2D eigenvalue weighted by Gasteiger charge is 2.38. The normalized spacial score (nSPS) is 23.8. The Balaban J connectivity index is 2.64. The van der Waals surface area contributed by atoms with Crippen LogP contribution in [0.5, 0.6) is 0 Å². The SMILES string of the molecule is CCC(CC)C(O)C1(O)CCCCCC1. The smallest absolute Gasteiger partial charge is 0.0908 e.